The molecule has 0 aliphatic rings. The van der Waals surface area contributed by atoms with Gasteiger partial charge in [0.25, 0.3) is 0 Å². The highest BCUT2D eigenvalue weighted by Gasteiger charge is 2.30. The normalized spacial score (nSPS) is 13.9. The van der Waals surface area contributed by atoms with E-state index in [0.717, 1.165) is 108 Å². The number of unbranched alkanes of at least 4 members (excludes halogenated alkanes) is 51. The van der Waals surface area contributed by atoms with Crippen LogP contribution in [0.4, 0.5) is 0 Å². The molecule has 17 nitrogen and oxygen atoms in total. The van der Waals surface area contributed by atoms with Crippen LogP contribution in [0.15, 0.2) is 0 Å². The molecule has 0 heterocycles. The Labute approximate surface area is 638 Å². The van der Waals surface area contributed by atoms with Gasteiger partial charge in [0.2, 0.25) is 0 Å². The van der Waals surface area contributed by atoms with Crippen molar-refractivity contribution < 1.29 is 80.2 Å². The molecule has 0 aromatic rings. The van der Waals surface area contributed by atoms with Crippen LogP contribution in [-0.2, 0) is 65.4 Å². The summed E-state index contributed by atoms with van der Waals surface area (Å²) in [5.74, 6) is 0.212. The molecule has 3 N–H and O–H groups in total. The number of ether oxygens (including phenoxy) is 4. The topological polar surface area (TPSA) is 237 Å². The summed E-state index contributed by atoms with van der Waals surface area (Å²) < 4.78 is 68.9. The minimum Gasteiger partial charge on any atom is -0.462 e. The lowest BCUT2D eigenvalue weighted by Crippen LogP contribution is -2.30. The van der Waals surface area contributed by atoms with Gasteiger partial charge in [-0.25, -0.2) is 9.13 Å². The van der Waals surface area contributed by atoms with Crippen molar-refractivity contribution in [2.75, 3.05) is 39.6 Å². The van der Waals surface area contributed by atoms with E-state index in [1.54, 1.807) is 0 Å². The van der Waals surface area contributed by atoms with E-state index in [2.05, 4.69) is 48.5 Å². The molecule has 19 heteroatoms. The molecular weight excluding hydrogens is 1350 g/mol. The van der Waals surface area contributed by atoms with Crippen molar-refractivity contribution in [3.05, 3.63) is 0 Å². The number of phosphoric acid groups is 2. The minimum atomic E-state index is -4.97. The lowest BCUT2D eigenvalue weighted by Gasteiger charge is -2.21. The van der Waals surface area contributed by atoms with Crippen LogP contribution in [-0.4, -0.2) is 96.7 Å². The number of carbonyl (C=O) groups excluding carboxylic acids is 4. The zero-order valence-corrected chi connectivity index (χ0v) is 70.3. The molecule has 5 atom stereocenters. The third-order valence-corrected chi connectivity index (χ3v) is 21.8. The molecule has 0 aliphatic carbocycles. The van der Waals surface area contributed by atoms with Gasteiger partial charge in [0.05, 0.1) is 26.4 Å². The standard InChI is InChI=1S/C85H166O17P2/c1-8-9-10-11-12-13-14-15-16-17-18-19-23-26-31-38-45-52-59-66-82(87)95-72-80(101-84(89)68-61-54-47-39-32-27-24-21-20-22-25-29-35-42-49-56-63-76(2)3)74-99-103(91,92)97-70-79(86)71-98-104(93,94)100-75-81(73-96-83(88)67-60-53-46-41-34-37-44-51-58-65-78(6)7)102-85(90)69-62-55-48-40-33-28-30-36-43-50-57-64-77(4)5/h76-81,86H,8-75H2,1-7H3,(H,91,92)(H,93,94)/t79-,80-,81-/m1/s1. The number of carbonyl (C=O) groups is 4. The first kappa shape index (κ1) is 102. The summed E-state index contributed by atoms with van der Waals surface area (Å²) in [7, 11) is -9.93. The molecule has 0 fully saturated rings. The highest BCUT2D eigenvalue weighted by molar-refractivity contribution is 7.47. The summed E-state index contributed by atoms with van der Waals surface area (Å²) in [4.78, 5) is 73.2. The van der Waals surface area contributed by atoms with Gasteiger partial charge >= 0.3 is 39.5 Å². The second-order valence-electron chi connectivity index (χ2n) is 32.0. The van der Waals surface area contributed by atoms with Gasteiger partial charge in [-0.05, 0) is 43.4 Å². The molecule has 0 saturated heterocycles. The first-order chi connectivity index (χ1) is 50.2. The van der Waals surface area contributed by atoms with Crippen LogP contribution in [0.1, 0.15) is 447 Å². The number of esters is 4. The van der Waals surface area contributed by atoms with Crippen molar-refractivity contribution >= 4 is 39.5 Å². The van der Waals surface area contributed by atoms with E-state index in [-0.39, 0.29) is 25.7 Å². The fourth-order valence-corrected chi connectivity index (χ4v) is 14.8. The Morgan fingerprint density at radius 3 is 0.654 bits per heavy atom. The number of aliphatic hydroxyl groups excluding tert-OH is 1. The Morgan fingerprint density at radius 2 is 0.442 bits per heavy atom. The van der Waals surface area contributed by atoms with E-state index in [0.29, 0.717) is 25.7 Å². The zero-order valence-electron chi connectivity index (χ0n) is 68.5. The van der Waals surface area contributed by atoms with Gasteiger partial charge in [0.1, 0.15) is 19.3 Å². The average Bonchev–Trinajstić information content (AvgIpc) is 0.927. The largest absolute Gasteiger partial charge is 0.472 e. The molecule has 0 aromatic heterocycles. The number of hydrogen-bond donors (Lipinski definition) is 3. The molecule has 2 unspecified atom stereocenters. The first-order valence-corrected chi connectivity index (χ1v) is 46.8. The molecule has 0 saturated carbocycles. The third-order valence-electron chi connectivity index (χ3n) is 19.9. The Hall–Kier alpha value is -1.94. The Bertz CT molecular complexity index is 2010. The van der Waals surface area contributed by atoms with Crippen molar-refractivity contribution in [3.63, 3.8) is 0 Å². The quantitative estimate of drug-likeness (QED) is 0.0222. The fraction of sp³-hybridized carbons (Fsp3) is 0.953. The van der Waals surface area contributed by atoms with Crippen LogP contribution in [0.25, 0.3) is 0 Å². The molecule has 104 heavy (non-hydrogen) atoms. The van der Waals surface area contributed by atoms with Crippen molar-refractivity contribution in [2.24, 2.45) is 17.8 Å². The van der Waals surface area contributed by atoms with Gasteiger partial charge < -0.3 is 33.8 Å². The molecule has 0 radical (unpaired) electrons. The SMILES string of the molecule is CCCCCCCCCCCCCCCCCCCCCC(=O)OC[C@H](COP(=O)(O)OC[C@@H](O)COP(=O)(O)OC[C@@H](COC(=O)CCCCCCCCCCCC(C)C)OC(=O)CCCCCCCCCCCCCC(C)C)OC(=O)CCCCCCCCCCCCCCCCCCC(C)C. The summed E-state index contributed by atoms with van der Waals surface area (Å²) in [6.45, 7) is 12.0. The predicted octanol–water partition coefficient (Wildman–Crippen LogP) is 25.7. The maximum Gasteiger partial charge on any atom is 0.472 e. The summed E-state index contributed by atoms with van der Waals surface area (Å²) in [6.07, 6.45) is 65.3. The molecule has 0 aliphatic heterocycles. The van der Waals surface area contributed by atoms with Crippen LogP contribution >= 0.6 is 15.6 Å². The van der Waals surface area contributed by atoms with Crippen molar-refractivity contribution in [3.8, 4) is 0 Å². The van der Waals surface area contributed by atoms with E-state index < -0.39 is 97.5 Å². The second kappa shape index (κ2) is 75.1. The van der Waals surface area contributed by atoms with Crippen molar-refractivity contribution in [1.29, 1.82) is 0 Å². The minimum absolute atomic E-state index is 0.106. The lowest BCUT2D eigenvalue weighted by molar-refractivity contribution is -0.161. The predicted molar refractivity (Wildman–Crippen MR) is 428 cm³/mol. The van der Waals surface area contributed by atoms with Gasteiger partial charge in [-0.2, -0.15) is 0 Å². The van der Waals surface area contributed by atoms with Gasteiger partial charge in [-0.15, -0.1) is 0 Å². The Balaban J connectivity index is 5.25. The van der Waals surface area contributed by atoms with Crippen LogP contribution in [0.2, 0.25) is 0 Å². The fourth-order valence-electron chi connectivity index (χ4n) is 13.2. The summed E-state index contributed by atoms with van der Waals surface area (Å²) >= 11 is 0. The highest BCUT2D eigenvalue weighted by Crippen LogP contribution is 2.45. The van der Waals surface area contributed by atoms with Crippen LogP contribution < -0.4 is 0 Å². The Kier molecular flexibility index (Phi) is 73.7. The molecule has 618 valence electrons. The van der Waals surface area contributed by atoms with Gasteiger partial charge in [0.15, 0.2) is 12.2 Å². The number of aliphatic hydroxyl groups is 1. The smallest absolute Gasteiger partial charge is 0.462 e. The third kappa shape index (κ3) is 78.2. The van der Waals surface area contributed by atoms with E-state index >= 15 is 0 Å². The number of phosphoric ester groups is 2. The molecular formula is C85H166O17P2. The number of hydrogen-bond acceptors (Lipinski definition) is 15. The summed E-state index contributed by atoms with van der Waals surface area (Å²) in [6, 6.07) is 0. The highest BCUT2D eigenvalue weighted by atomic mass is 31.2. The van der Waals surface area contributed by atoms with E-state index in [1.165, 1.54) is 257 Å². The number of rotatable bonds is 83. The van der Waals surface area contributed by atoms with Crippen molar-refractivity contribution in [1.82, 2.24) is 0 Å². The maximum absolute atomic E-state index is 13.1. The van der Waals surface area contributed by atoms with Crippen LogP contribution in [0.5, 0.6) is 0 Å². The van der Waals surface area contributed by atoms with E-state index in [1.807, 2.05) is 0 Å². The molecule has 0 aromatic carbocycles. The van der Waals surface area contributed by atoms with Gasteiger partial charge in [-0.1, -0.05) is 395 Å². The summed E-state index contributed by atoms with van der Waals surface area (Å²) in [5.41, 5.74) is 0. The van der Waals surface area contributed by atoms with Crippen LogP contribution in [0.3, 0.4) is 0 Å². The molecule has 0 rings (SSSR count). The summed E-state index contributed by atoms with van der Waals surface area (Å²) in [5, 5.41) is 10.7. The molecule has 0 spiro atoms. The first-order valence-electron chi connectivity index (χ1n) is 43.8. The van der Waals surface area contributed by atoms with E-state index in [9.17, 15) is 43.2 Å². The Morgan fingerprint density at radius 1 is 0.260 bits per heavy atom. The average molecular weight is 1520 g/mol. The second-order valence-corrected chi connectivity index (χ2v) is 34.9. The van der Waals surface area contributed by atoms with Crippen molar-refractivity contribution in [2.45, 2.75) is 465 Å². The zero-order chi connectivity index (χ0) is 76.5. The monoisotopic (exact) mass is 1520 g/mol. The lowest BCUT2D eigenvalue weighted by atomic mass is 10.0. The van der Waals surface area contributed by atoms with Gasteiger partial charge in [-0.3, -0.25) is 37.3 Å². The maximum atomic E-state index is 13.1. The van der Waals surface area contributed by atoms with E-state index in [4.69, 9.17) is 37.0 Å². The molecule has 0 bridgehead atoms. The van der Waals surface area contributed by atoms with Gasteiger partial charge in [0, 0.05) is 25.7 Å². The van der Waals surface area contributed by atoms with Crippen LogP contribution in [0, 0.1) is 17.8 Å². The molecule has 0 amide bonds.